The second-order valence-electron chi connectivity index (χ2n) is 6.54. The molecule has 7 heteroatoms. The van der Waals surface area contributed by atoms with E-state index >= 15 is 0 Å². The van der Waals surface area contributed by atoms with Crippen LogP contribution in [0.2, 0.25) is 0 Å². The Hall–Kier alpha value is -2.83. The van der Waals surface area contributed by atoms with Crippen molar-refractivity contribution in [1.82, 2.24) is 14.7 Å². The van der Waals surface area contributed by atoms with Crippen LogP contribution in [0.3, 0.4) is 0 Å². The molecule has 0 spiro atoms. The maximum absolute atomic E-state index is 12.8. The summed E-state index contributed by atoms with van der Waals surface area (Å²) < 4.78 is 1.55. The van der Waals surface area contributed by atoms with Gasteiger partial charge in [-0.15, -0.1) is 0 Å². The number of para-hydroxylation sites is 1. The third-order valence-electron chi connectivity index (χ3n) is 4.51. The number of aryl methyl sites for hydroxylation is 2. The summed E-state index contributed by atoms with van der Waals surface area (Å²) in [4.78, 5) is 29.0. The Morgan fingerprint density at radius 1 is 1.24 bits per heavy atom. The maximum atomic E-state index is 12.8. The molecule has 1 aromatic carbocycles. The van der Waals surface area contributed by atoms with Gasteiger partial charge in [-0.2, -0.15) is 5.10 Å². The number of hydrogen-bond acceptors (Lipinski definition) is 4. The fraction of sp³-hybridized carbons (Fsp3) is 0.389. The zero-order valence-corrected chi connectivity index (χ0v) is 15.0. The van der Waals surface area contributed by atoms with Crippen molar-refractivity contribution in [2.45, 2.75) is 26.4 Å². The van der Waals surface area contributed by atoms with Crippen molar-refractivity contribution >= 4 is 23.3 Å². The number of anilines is 2. The monoisotopic (exact) mass is 341 g/mol. The van der Waals surface area contributed by atoms with Gasteiger partial charge >= 0.3 is 11.8 Å². The van der Waals surface area contributed by atoms with E-state index in [9.17, 15) is 9.59 Å². The van der Waals surface area contributed by atoms with Crippen molar-refractivity contribution < 1.29 is 9.59 Å². The quantitative estimate of drug-likeness (QED) is 0.799. The van der Waals surface area contributed by atoms with Gasteiger partial charge in [-0.05, 0) is 25.5 Å². The Bertz CT molecular complexity index is 814. The molecule has 1 atom stereocenters. The highest BCUT2D eigenvalue weighted by atomic mass is 16.2. The number of likely N-dealkylation sites (N-methyl/N-ethyl adjacent to an activating group) is 1. The number of amides is 2. The normalized spacial score (nSPS) is 17.0. The van der Waals surface area contributed by atoms with Gasteiger partial charge in [-0.3, -0.25) is 14.3 Å². The zero-order chi connectivity index (χ0) is 18.1. The second-order valence-corrected chi connectivity index (χ2v) is 6.54. The summed E-state index contributed by atoms with van der Waals surface area (Å²) in [5.74, 6) is -0.663. The van der Waals surface area contributed by atoms with Crippen molar-refractivity contribution in [3.63, 3.8) is 0 Å². The van der Waals surface area contributed by atoms with Crippen molar-refractivity contribution in [1.29, 1.82) is 0 Å². The largest absolute Gasteiger partial charge is 0.372 e. The van der Waals surface area contributed by atoms with E-state index in [1.807, 2.05) is 45.2 Å². The van der Waals surface area contributed by atoms with Gasteiger partial charge < -0.3 is 15.1 Å². The molecule has 0 bridgehead atoms. The molecule has 2 amide bonds. The van der Waals surface area contributed by atoms with E-state index in [4.69, 9.17) is 0 Å². The summed E-state index contributed by atoms with van der Waals surface area (Å²) in [7, 11) is 3.73. The molecule has 0 fully saturated rings. The fourth-order valence-electron chi connectivity index (χ4n) is 3.25. The second kappa shape index (κ2) is 6.58. The van der Waals surface area contributed by atoms with Gasteiger partial charge in [0.15, 0.2) is 0 Å². The first-order valence-electron chi connectivity index (χ1n) is 8.28. The molecule has 0 saturated carbocycles. The summed E-state index contributed by atoms with van der Waals surface area (Å²) in [6.45, 7) is 4.88. The molecular weight excluding hydrogens is 318 g/mol. The van der Waals surface area contributed by atoms with E-state index in [-0.39, 0.29) is 6.04 Å². The molecule has 7 nitrogen and oxygen atoms in total. The van der Waals surface area contributed by atoms with Crippen LogP contribution in [-0.2, 0) is 23.2 Å². The summed E-state index contributed by atoms with van der Waals surface area (Å²) >= 11 is 0. The topological polar surface area (TPSA) is 70.5 Å². The lowest BCUT2D eigenvalue weighted by Crippen LogP contribution is -2.46. The van der Waals surface area contributed by atoms with E-state index in [1.54, 1.807) is 22.7 Å². The molecule has 0 unspecified atom stereocenters. The third kappa shape index (κ3) is 3.35. The Kier molecular flexibility index (Phi) is 4.48. The van der Waals surface area contributed by atoms with Gasteiger partial charge in [-0.1, -0.05) is 18.2 Å². The maximum Gasteiger partial charge on any atom is 0.315 e. The van der Waals surface area contributed by atoms with Crippen LogP contribution in [0, 0.1) is 6.92 Å². The first-order valence-corrected chi connectivity index (χ1v) is 8.28. The number of nitrogens with one attached hydrogen (secondary N) is 1. The van der Waals surface area contributed by atoms with Crippen LogP contribution in [-0.4, -0.2) is 46.1 Å². The molecule has 0 saturated heterocycles. The smallest absolute Gasteiger partial charge is 0.315 e. The van der Waals surface area contributed by atoms with Crippen molar-refractivity contribution in [2.75, 3.05) is 23.8 Å². The Morgan fingerprint density at radius 2 is 1.96 bits per heavy atom. The number of rotatable bonds is 1. The van der Waals surface area contributed by atoms with E-state index in [1.165, 1.54) is 0 Å². The van der Waals surface area contributed by atoms with Crippen LogP contribution in [0.25, 0.3) is 0 Å². The van der Waals surface area contributed by atoms with E-state index < -0.39 is 11.8 Å². The molecule has 2 heterocycles. The number of carbonyl (C=O) groups excluding carboxylic acids is 2. The lowest BCUT2D eigenvalue weighted by Gasteiger charge is -2.27. The lowest BCUT2D eigenvalue weighted by molar-refractivity contribution is -0.144. The first kappa shape index (κ1) is 17.0. The van der Waals surface area contributed by atoms with Gasteiger partial charge in [-0.25, -0.2) is 0 Å². The molecule has 132 valence electrons. The minimum atomic E-state index is -0.642. The van der Waals surface area contributed by atoms with E-state index in [2.05, 4.69) is 15.3 Å². The van der Waals surface area contributed by atoms with Crippen molar-refractivity contribution in [2.24, 2.45) is 7.05 Å². The predicted molar refractivity (Wildman–Crippen MR) is 96.3 cm³/mol. The SMILES string of the molecule is Cc1cc(NC(=O)C(=O)N2Cc3ccccc3N(C)C[C@@H]2C)n(C)n1. The third-order valence-corrected chi connectivity index (χ3v) is 4.51. The minimum Gasteiger partial charge on any atom is -0.372 e. The van der Waals surface area contributed by atoms with Crippen molar-refractivity contribution in [3.05, 3.63) is 41.6 Å². The Labute approximate surface area is 147 Å². The van der Waals surface area contributed by atoms with Gasteiger partial charge in [0.1, 0.15) is 5.82 Å². The van der Waals surface area contributed by atoms with Gasteiger partial charge in [0.2, 0.25) is 0 Å². The number of fused-ring (bicyclic) bond motifs is 1. The first-order chi connectivity index (χ1) is 11.9. The summed E-state index contributed by atoms with van der Waals surface area (Å²) in [6, 6.07) is 9.61. The molecule has 1 aromatic heterocycles. The average Bonchev–Trinajstić information content (AvgIpc) is 2.82. The highest BCUT2D eigenvalue weighted by Crippen LogP contribution is 2.26. The number of carbonyl (C=O) groups is 2. The highest BCUT2D eigenvalue weighted by molar-refractivity contribution is 6.39. The minimum absolute atomic E-state index is 0.0797. The van der Waals surface area contributed by atoms with Gasteiger partial charge in [0, 0.05) is 45.0 Å². The molecule has 1 aliphatic rings. The Morgan fingerprint density at radius 3 is 2.64 bits per heavy atom. The van der Waals surface area contributed by atoms with Crippen LogP contribution in [0.5, 0.6) is 0 Å². The number of aromatic nitrogens is 2. The Balaban J connectivity index is 1.81. The number of hydrogen-bond donors (Lipinski definition) is 1. The van der Waals surface area contributed by atoms with Gasteiger partial charge in [0.05, 0.1) is 5.69 Å². The van der Waals surface area contributed by atoms with Crippen LogP contribution in [0.1, 0.15) is 18.2 Å². The number of benzene rings is 1. The van der Waals surface area contributed by atoms with Gasteiger partial charge in [0.25, 0.3) is 0 Å². The fourth-order valence-corrected chi connectivity index (χ4v) is 3.25. The van der Waals surface area contributed by atoms with E-state index in [0.717, 1.165) is 16.9 Å². The summed E-state index contributed by atoms with van der Waals surface area (Å²) in [6.07, 6.45) is 0. The zero-order valence-electron chi connectivity index (χ0n) is 15.0. The molecule has 1 aliphatic heterocycles. The predicted octanol–water partition coefficient (Wildman–Crippen LogP) is 1.53. The molecular formula is C18H23N5O2. The molecule has 3 rings (SSSR count). The standard InChI is InChI=1S/C18H23N5O2/c1-12-9-16(22(4)20-12)19-17(24)18(25)23-11-14-7-5-6-8-15(14)21(3)10-13(23)2/h5-9,13H,10-11H2,1-4H3,(H,19,24)/t13-/m0/s1. The number of nitrogens with zero attached hydrogens (tertiary/aromatic N) is 4. The molecule has 0 aliphatic carbocycles. The van der Waals surface area contributed by atoms with E-state index in [0.29, 0.717) is 18.9 Å². The highest BCUT2D eigenvalue weighted by Gasteiger charge is 2.31. The van der Waals surface area contributed by atoms with Crippen LogP contribution in [0.4, 0.5) is 11.5 Å². The summed E-state index contributed by atoms with van der Waals surface area (Å²) in [5.41, 5.74) is 2.91. The molecule has 1 N–H and O–H groups in total. The molecule has 2 aromatic rings. The van der Waals surface area contributed by atoms with Crippen LogP contribution in [0.15, 0.2) is 30.3 Å². The van der Waals surface area contributed by atoms with Crippen LogP contribution >= 0.6 is 0 Å². The molecule has 25 heavy (non-hydrogen) atoms. The average molecular weight is 341 g/mol. The lowest BCUT2D eigenvalue weighted by atomic mass is 10.1. The van der Waals surface area contributed by atoms with Crippen molar-refractivity contribution in [3.8, 4) is 0 Å². The van der Waals surface area contributed by atoms with Crippen LogP contribution < -0.4 is 10.2 Å². The summed E-state index contributed by atoms with van der Waals surface area (Å²) in [5, 5.41) is 6.84. The molecule has 0 radical (unpaired) electrons.